The number of para-hydroxylation sites is 1. The summed E-state index contributed by atoms with van der Waals surface area (Å²) in [5.41, 5.74) is 7.67. The normalized spacial score (nSPS) is 19.0. The number of alkyl halides is 1. The third kappa shape index (κ3) is 10.5. The number of hydrogen-bond acceptors (Lipinski definition) is 14. The van der Waals surface area contributed by atoms with Gasteiger partial charge in [-0.2, -0.15) is 0 Å². The first-order valence-electron chi connectivity index (χ1n) is 21.4. The molecule has 4 heterocycles. The number of fused-ring (bicyclic) bond motifs is 2. The Kier molecular flexibility index (Phi) is 15.4. The fourth-order valence-corrected chi connectivity index (χ4v) is 7.91. The predicted octanol–water partition coefficient (Wildman–Crippen LogP) is 2.93. The van der Waals surface area contributed by atoms with Crippen molar-refractivity contribution >= 4 is 51.9 Å². The monoisotopic (exact) mass is 908 g/mol. The van der Waals surface area contributed by atoms with E-state index in [1.807, 2.05) is 12.1 Å². The standard InChI is InChI=1S/C47H49FN6O12/c1-3-29-35(52-44(58)41(29)48)26-66-45-32-24-38(61-2)33(42(49)56)23-31(32)28(25-51-45)12-11-27-7-4-5-10-37(27)65-22-21-64-20-19-63-18-17-62-16-15-50-34-9-6-8-30-40(34)47(60)54(46(30)59)36-13-14-39(55)53-43(36)57/h4-10,23-25,29,35-36,41,50H,3,13-22,26H2,1-2H3,(H2,49,56)(H,52,58)(H,53,55,57)/t29-,35+,36?,41-/m0/s1. The average Bonchev–Trinajstić information content (AvgIpc) is 3.74. The second kappa shape index (κ2) is 21.7. The Labute approximate surface area is 378 Å². The topological polar surface area (TPSA) is 236 Å². The van der Waals surface area contributed by atoms with Gasteiger partial charge in [-0.15, -0.1) is 0 Å². The smallest absolute Gasteiger partial charge is 0.264 e. The number of halogens is 1. The minimum Gasteiger partial charge on any atom is -0.496 e. The Bertz CT molecular complexity index is 2580. The molecule has 2 fully saturated rings. The maximum absolute atomic E-state index is 14.4. The highest BCUT2D eigenvalue weighted by atomic mass is 19.1. The number of pyridine rings is 1. The number of ether oxygens (including phenoxy) is 6. The lowest BCUT2D eigenvalue weighted by molar-refractivity contribution is -0.136. The van der Waals surface area contributed by atoms with Crippen LogP contribution in [0.1, 0.15) is 68.4 Å². The van der Waals surface area contributed by atoms with E-state index >= 15 is 0 Å². The molecule has 0 saturated carbocycles. The zero-order valence-electron chi connectivity index (χ0n) is 36.3. The molecule has 5 N–H and O–H groups in total. The van der Waals surface area contributed by atoms with Crippen molar-refractivity contribution in [3.63, 3.8) is 0 Å². The number of hydrogen-bond donors (Lipinski definition) is 4. The molecule has 6 amide bonds. The summed E-state index contributed by atoms with van der Waals surface area (Å²) in [4.78, 5) is 80.1. The minimum absolute atomic E-state index is 0.0254. The number of nitrogens with two attached hydrogens (primary N) is 1. The van der Waals surface area contributed by atoms with Gasteiger partial charge in [0.05, 0.1) is 80.6 Å². The van der Waals surface area contributed by atoms with Crippen LogP contribution in [0.3, 0.4) is 0 Å². The summed E-state index contributed by atoms with van der Waals surface area (Å²) in [5, 5.41) is 8.96. The van der Waals surface area contributed by atoms with E-state index < -0.39 is 59.6 Å². The number of anilines is 1. The first-order valence-corrected chi connectivity index (χ1v) is 21.4. The van der Waals surface area contributed by atoms with Crippen LogP contribution in [-0.4, -0.2) is 130 Å². The van der Waals surface area contributed by atoms with Crippen LogP contribution >= 0.6 is 0 Å². The van der Waals surface area contributed by atoms with Gasteiger partial charge in [-0.1, -0.05) is 37.0 Å². The lowest BCUT2D eigenvalue weighted by atomic mass is 9.97. The average molecular weight is 909 g/mol. The van der Waals surface area contributed by atoms with Crippen LogP contribution in [0.15, 0.2) is 60.8 Å². The summed E-state index contributed by atoms with van der Waals surface area (Å²) in [6.07, 6.45) is 0.443. The van der Waals surface area contributed by atoms with Crippen LogP contribution in [0.2, 0.25) is 0 Å². The largest absolute Gasteiger partial charge is 0.496 e. The van der Waals surface area contributed by atoms with E-state index in [0.29, 0.717) is 79.3 Å². The Balaban J connectivity index is 0.839. The molecule has 19 heteroatoms. The lowest BCUT2D eigenvalue weighted by Crippen LogP contribution is -2.54. The highest BCUT2D eigenvalue weighted by molar-refractivity contribution is 6.25. The number of nitrogens with zero attached hydrogens (tertiary/aromatic N) is 2. The van der Waals surface area contributed by atoms with E-state index in [0.717, 1.165) is 4.90 Å². The molecule has 4 atom stereocenters. The maximum Gasteiger partial charge on any atom is 0.264 e. The molecule has 2 saturated heterocycles. The van der Waals surface area contributed by atoms with E-state index in [1.54, 1.807) is 43.3 Å². The number of imide groups is 2. The molecule has 4 aromatic rings. The van der Waals surface area contributed by atoms with E-state index in [2.05, 4.69) is 32.8 Å². The van der Waals surface area contributed by atoms with Crippen molar-refractivity contribution in [3.8, 4) is 29.2 Å². The van der Waals surface area contributed by atoms with Gasteiger partial charge in [0.25, 0.3) is 23.6 Å². The molecular formula is C47H49FN6O12. The number of carbonyl (C=O) groups excluding carboxylic acids is 6. The van der Waals surface area contributed by atoms with Crippen LogP contribution in [0.4, 0.5) is 10.1 Å². The fourth-order valence-electron chi connectivity index (χ4n) is 7.91. The number of methoxy groups -OCH3 is 1. The van der Waals surface area contributed by atoms with Crippen LogP contribution in [-0.2, 0) is 28.6 Å². The van der Waals surface area contributed by atoms with Crippen LogP contribution in [0.5, 0.6) is 17.4 Å². The first kappa shape index (κ1) is 46.8. The molecule has 346 valence electrons. The number of piperidine rings is 1. The van der Waals surface area contributed by atoms with Crippen molar-refractivity contribution in [2.24, 2.45) is 11.7 Å². The molecule has 7 rings (SSSR count). The molecule has 0 radical (unpaired) electrons. The third-order valence-electron chi connectivity index (χ3n) is 11.3. The van der Waals surface area contributed by atoms with Gasteiger partial charge in [0.1, 0.15) is 30.8 Å². The summed E-state index contributed by atoms with van der Waals surface area (Å²) < 4.78 is 48.8. The molecule has 66 heavy (non-hydrogen) atoms. The molecule has 0 spiro atoms. The molecule has 3 aliphatic rings. The van der Waals surface area contributed by atoms with E-state index in [-0.39, 0.29) is 61.0 Å². The minimum atomic E-state index is -1.62. The highest BCUT2D eigenvalue weighted by Gasteiger charge is 2.46. The Hall–Kier alpha value is -7.14. The maximum atomic E-state index is 14.4. The number of amides is 6. The highest BCUT2D eigenvalue weighted by Crippen LogP contribution is 2.35. The molecule has 1 aromatic heterocycles. The van der Waals surface area contributed by atoms with Crippen molar-refractivity contribution in [3.05, 3.63) is 88.6 Å². The second-order valence-corrected chi connectivity index (χ2v) is 15.4. The third-order valence-corrected chi connectivity index (χ3v) is 11.3. The Morgan fingerprint density at radius 2 is 1.59 bits per heavy atom. The summed E-state index contributed by atoms with van der Waals surface area (Å²) in [5.74, 6) is 2.98. The number of carbonyl (C=O) groups is 6. The van der Waals surface area contributed by atoms with E-state index in [4.69, 9.17) is 34.2 Å². The molecule has 0 aliphatic carbocycles. The van der Waals surface area contributed by atoms with Gasteiger partial charge in [-0.05, 0) is 49.2 Å². The molecule has 3 aliphatic heterocycles. The van der Waals surface area contributed by atoms with Crippen LogP contribution in [0.25, 0.3) is 10.8 Å². The lowest BCUT2D eigenvalue weighted by Gasteiger charge is -2.27. The van der Waals surface area contributed by atoms with Gasteiger partial charge in [-0.3, -0.25) is 39.0 Å². The quantitative estimate of drug-likeness (QED) is 0.0535. The van der Waals surface area contributed by atoms with Gasteiger partial charge in [0.2, 0.25) is 17.7 Å². The number of rotatable bonds is 21. The summed E-state index contributed by atoms with van der Waals surface area (Å²) in [7, 11) is 1.41. The van der Waals surface area contributed by atoms with Crippen LogP contribution in [0, 0.1) is 17.8 Å². The number of nitrogens with one attached hydrogen (secondary N) is 3. The van der Waals surface area contributed by atoms with Crippen molar-refractivity contribution in [1.82, 2.24) is 20.5 Å². The van der Waals surface area contributed by atoms with Gasteiger partial charge in [0, 0.05) is 41.5 Å². The van der Waals surface area contributed by atoms with E-state index in [9.17, 15) is 33.2 Å². The molecule has 0 bridgehead atoms. The molecular weight excluding hydrogens is 860 g/mol. The van der Waals surface area contributed by atoms with Crippen molar-refractivity contribution in [1.29, 1.82) is 0 Å². The number of benzene rings is 3. The van der Waals surface area contributed by atoms with E-state index in [1.165, 1.54) is 19.4 Å². The first-order chi connectivity index (χ1) is 32.0. The SMILES string of the molecule is CC[C@@H]1[C@H](F)C(=O)N[C@@H]1COc1ncc(C#Cc2ccccc2OCCOCCOCCOCCNc2cccc3c2C(=O)N(C2CCC(=O)NC2=O)C3=O)c2cc(C(N)=O)c(OC)cc12. The zero-order chi connectivity index (χ0) is 46.7. The van der Waals surface area contributed by atoms with Crippen molar-refractivity contribution < 1.29 is 61.6 Å². The fraction of sp³-hybridized carbons (Fsp3) is 0.383. The summed E-state index contributed by atoms with van der Waals surface area (Å²) >= 11 is 0. The summed E-state index contributed by atoms with van der Waals surface area (Å²) in [6.45, 7) is 4.19. The molecule has 1 unspecified atom stereocenters. The summed E-state index contributed by atoms with van der Waals surface area (Å²) in [6, 6.07) is 13.6. The molecule has 3 aromatic carbocycles. The second-order valence-electron chi connectivity index (χ2n) is 15.4. The Morgan fingerprint density at radius 1 is 0.864 bits per heavy atom. The van der Waals surface area contributed by atoms with Gasteiger partial charge >= 0.3 is 0 Å². The van der Waals surface area contributed by atoms with Crippen LogP contribution < -0.4 is 35.9 Å². The van der Waals surface area contributed by atoms with Gasteiger partial charge < -0.3 is 44.8 Å². The van der Waals surface area contributed by atoms with Crippen molar-refractivity contribution in [2.75, 3.05) is 71.8 Å². The zero-order valence-corrected chi connectivity index (χ0v) is 36.3. The van der Waals surface area contributed by atoms with Gasteiger partial charge in [0.15, 0.2) is 6.17 Å². The number of primary amides is 1. The molecule has 18 nitrogen and oxygen atoms in total. The Morgan fingerprint density at radius 3 is 2.32 bits per heavy atom. The van der Waals surface area contributed by atoms with Crippen molar-refractivity contribution in [2.45, 2.75) is 44.4 Å². The van der Waals surface area contributed by atoms with Gasteiger partial charge in [-0.25, -0.2) is 9.37 Å². The predicted molar refractivity (Wildman–Crippen MR) is 235 cm³/mol. The number of aromatic nitrogens is 1.